The zero-order chi connectivity index (χ0) is 15.1. The highest BCUT2D eigenvalue weighted by Crippen LogP contribution is 2.34. The molecule has 5 nitrogen and oxygen atoms in total. The van der Waals surface area contributed by atoms with Crippen LogP contribution in [0.4, 0.5) is 0 Å². The molecule has 1 aliphatic rings. The normalized spacial score (nSPS) is 14.4. The SMILES string of the molecule is COc1ccc(C)c2c(=O)c(C(=O)O)cn(CC3CC3)c12. The molecule has 1 N–H and O–H groups in total. The Morgan fingerprint density at radius 2 is 2.14 bits per heavy atom. The Morgan fingerprint density at radius 3 is 2.71 bits per heavy atom. The number of methoxy groups -OCH3 is 1. The molecule has 0 radical (unpaired) electrons. The van der Waals surface area contributed by atoms with E-state index in [9.17, 15) is 14.7 Å². The standard InChI is InChI=1S/C16H17NO4/c1-9-3-6-12(21-2)14-13(9)15(18)11(16(19)20)8-17(14)7-10-4-5-10/h3,6,8,10H,4-5,7H2,1-2H3,(H,19,20). The number of rotatable bonds is 4. The lowest BCUT2D eigenvalue weighted by Crippen LogP contribution is -2.20. The smallest absolute Gasteiger partial charge is 0.341 e. The molecule has 0 amide bonds. The molecule has 1 aromatic carbocycles. The quantitative estimate of drug-likeness (QED) is 0.937. The second kappa shape index (κ2) is 4.91. The first-order chi connectivity index (χ1) is 10.0. The molecule has 21 heavy (non-hydrogen) atoms. The van der Waals surface area contributed by atoms with E-state index >= 15 is 0 Å². The first-order valence-electron chi connectivity index (χ1n) is 6.97. The second-order valence-electron chi connectivity index (χ2n) is 5.58. The van der Waals surface area contributed by atoms with Crippen molar-refractivity contribution in [3.63, 3.8) is 0 Å². The molecule has 5 heteroatoms. The number of nitrogens with zero attached hydrogens (tertiary/aromatic N) is 1. The average Bonchev–Trinajstić information content (AvgIpc) is 3.25. The molecule has 1 saturated carbocycles. The van der Waals surface area contributed by atoms with E-state index in [1.807, 2.05) is 17.6 Å². The summed E-state index contributed by atoms with van der Waals surface area (Å²) in [6.07, 6.45) is 3.74. The van der Waals surface area contributed by atoms with Gasteiger partial charge < -0.3 is 14.4 Å². The molecule has 0 aliphatic heterocycles. The summed E-state index contributed by atoms with van der Waals surface area (Å²) in [5.74, 6) is -0.0264. The van der Waals surface area contributed by atoms with Gasteiger partial charge in [-0.25, -0.2) is 4.79 Å². The summed E-state index contributed by atoms with van der Waals surface area (Å²) in [7, 11) is 1.56. The summed E-state index contributed by atoms with van der Waals surface area (Å²) < 4.78 is 7.24. The molecular formula is C16H17NO4. The maximum atomic E-state index is 12.5. The number of fused-ring (bicyclic) bond motifs is 1. The molecule has 0 saturated heterocycles. The fourth-order valence-corrected chi connectivity index (χ4v) is 2.70. The number of pyridine rings is 1. The van der Waals surface area contributed by atoms with Crippen molar-refractivity contribution in [3.8, 4) is 5.75 Å². The molecule has 3 rings (SSSR count). The lowest BCUT2D eigenvalue weighted by molar-refractivity contribution is 0.0694. The van der Waals surface area contributed by atoms with Crippen molar-refractivity contribution in [1.29, 1.82) is 0 Å². The first kappa shape index (κ1) is 13.7. The Balaban J connectivity index is 2.40. The topological polar surface area (TPSA) is 68.5 Å². The Bertz CT molecular complexity index is 787. The maximum Gasteiger partial charge on any atom is 0.341 e. The molecule has 110 valence electrons. The van der Waals surface area contributed by atoms with E-state index in [1.165, 1.54) is 6.20 Å². The fraction of sp³-hybridized carbons (Fsp3) is 0.375. The third-order valence-electron chi connectivity index (χ3n) is 4.00. The molecule has 1 aliphatic carbocycles. The Morgan fingerprint density at radius 1 is 1.43 bits per heavy atom. The van der Waals surface area contributed by atoms with Gasteiger partial charge in [-0.1, -0.05) is 6.07 Å². The van der Waals surface area contributed by atoms with E-state index in [0.29, 0.717) is 22.6 Å². The number of ether oxygens (including phenoxy) is 1. The zero-order valence-electron chi connectivity index (χ0n) is 12.0. The fourth-order valence-electron chi connectivity index (χ4n) is 2.70. The number of carbonyl (C=O) groups is 1. The number of hydrogen-bond acceptors (Lipinski definition) is 3. The van der Waals surface area contributed by atoms with Crippen LogP contribution < -0.4 is 10.2 Å². The number of carboxylic acids is 1. The van der Waals surface area contributed by atoms with Gasteiger partial charge in [-0.3, -0.25) is 4.79 Å². The maximum absolute atomic E-state index is 12.5. The van der Waals surface area contributed by atoms with Crippen molar-refractivity contribution in [2.75, 3.05) is 7.11 Å². The van der Waals surface area contributed by atoms with E-state index in [2.05, 4.69) is 0 Å². The van der Waals surface area contributed by atoms with Crippen molar-refractivity contribution in [1.82, 2.24) is 4.57 Å². The van der Waals surface area contributed by atoms with E-state index in [0.717, 1.165) is 24.9 Å². The predicted octanol–water partition coefficient (Wildman–Crippen LogP) is 2.43. The third-order valence-corrected chi connectivity index (χ3v) is 4.00. The number of hydrogen-bond donors (Lipinski definition) is 1. The number of aromatic nitrogens is 1. The van der Waals surface area contributed by atoms with Gasteiger partial charge in [0.2, 0.25) is 5.43 Å². The predicted molar refractivity (Wildman–Crippen MR) is 79.2 cm³/mol. The van der Waals surface area contributed by atoms with Gasteiger partial charge in [0, 0.05) is 12.7 Å². The number of benzene rings is 1. The van der Waals surface area contributed by atoms with Crippen molar-refractivity contribution in [2.24, 2.45) is 5.92 Å². The minimum atomic E-state index is -1.19. The number of aromatic carboxylic acids is 1. The highest BCUT2D eigenvalue weighted by molar-refractivity contribution is 5.95. The number of aryl methyl sites for hydroxylation is 1. The molecule has 0 spiro atoms. The summed E-state index contributed by atoms with van der Waals surface area (Å²) in [4.78, 5) is 23.8. The molecule has 1 fully saturated rings. The largest absolute Gasteiger partial charge is 0.495 e. The summed E-state index contributed by atoms with van der Waals surface area (Å²) in [5.41, 5.74) is 0.836. The lowest BCUT2D eigenvalue weighted by Gasteiger charge is -2.16. The van der Waals surface area contributed by atoms with Gasteiger partial charge in [-0.15, -0.1) is 0 Å². The van der Waals surface area contributed by atoms with E-state index in [-0.39, 0.29) is 5.56 Å². The minimum Gasteiger partial charge on any atom is -0.495 e. The van der Waals surface area contributed by atoms with Crippen LogP contribution in [-0.4, -0.2) is 22.8 Å². The summed E-state index contributed by atoms with van der Waals surface area (Å²) in [5, 5.41) is 9.71. The van der Waals surface area contributed by atoms with Crippen LogP contribution in [0.1, 0.15) is 28.8 Å². The second-order valence-corrected chi connectivity index (χ2v) is 5.58. The minimum absolute atomic E-state index is 0.181. The molecule has 0 unspecified atom stereocenters. The van der Waals surface area contributed by atoms with Crippen LogP contribution >= 0.6 is 0 Å². The molecule has 1 aromatic heterocycles. The van der Waals surface area contributed by atoms with Crippen molar-refractivity contribution in [3.05, 3.63) is 39.7 Å². The van der Waals surface area contributed by atoms with Gasteiger partial charge in [-0.2, -0.15) is 0 Å². The van der Waals surface area contributed by atoms with Crippen LogP contribution in [0, 0.1) is 12.8 Å². The van der Waals surface area contributed by atoms with Crippen LogP contribution in [-0.2, 0) is 6.54 Å². The zero-order valence-corrected chi connectivity index (χ0v) is 12.0. The molecule has 1 heterocycles. The lowest BCUT2D eigenvalue weighted by atomic mass is 10.1. The molecular weight excluding hydrogens is 270 g/mol. The number of carboxylic acid groups (broad SMARTS) is 1. The average molecular weight is 287 g/mol. The Hall–Kier alpha value is -2.30. The highest BCUT2D eigenvalue weighted by atomic mass is 16.5. The van der Waals surface area contributed by atoms with Crippen LogP contribution in [0.25, 0.3) is 10.9 Å². The van der Waals surface area contributed by atoms with Gasteiger partial charge in [0.05, 0.1) is 18.0 Å². The molecule has 0 atom stereocenters. The Kier molecular flexibility index (Phi) is 3.20. The van der Waals surface area contributed by atoms with Gasteiger partial charge >= 0.3 is 5.97 Å². The van der Waals surface area contributed by atoms with Crippen molar-refractivity contribution < 1.29 is 14.6 Å². The van der Waals surface area contributed by atoms with Crippen molar-refractivity contribution >= 4 is 16.9 Å². The van der Waals surface area contributed by atoms with Crippen LogP contribution in [0.3, 0.4) is 0 Å². The molecule has 0 bridgehead atoms. The van der Waals surface area contributed by atoms with Crippen molar-refractivity contribution in [2.45, 2.75) is 26.3 Å². The van der Waals surface area contributed by atoms with Gasteiger partial charge in [0.15, 0.2) is 0 Å². The summed E-state index contributed by atoms with van der Waals surface area (Å²) >= 11 is 0. The van der Waals surface area contributed by atoms with Crippen LogP contribution in [0.2, 0.25) is 0 Å². The first-order valence-corrected chi connectivity index (χ1v) is 6.97. The molecule has 2 aromatic rings. The Labute approximate surface area is 121 Å². The van der Waals surface area contributed by atoms with Crippen LogP contribution in [0.5, 0.6) is 5.75 Å². The summed E-state index contributed by atoms with van der Waals surface area (Å²) in [6, 6.07) is 3.61. The van der Waals surface area contributed by atoms with Gasteiger partial charge in [-0.05, 0) is 37.3 Å². The van der Waals surface area contributed by atoms with Gasteiger partial charge in [0.25, 0.3) is 0 Å². The monoisotopic (exact) mass is 287 g/mol. The van der Waals surface area contributed by atoms with E-state index in [1.54, 1.807) is 13.2 Å². The van der Waals surface area contributed by atoms with Crippen LogP contribution in [0.15, 0.2) is 23.1 Å². The highest BCUT2D eigenvalue weighted by Gasteiger charge is 2.25. The summed E-state index contributed by atoms with van der Waals surface area (Å²) in [6.45, 7) is 2.53. The van der Waals surface area contributed by atoms with Gasteiger partial charge in [0.1, 0.15) is 11.3 Å². The van der Waals surface area contributed by atoms with E-state index in [4.69, 9.17) is 4.74 Å². The van der Waals surface area contributed by atoms with E-state index < -0.39 is 11.4 Å². The third kappa shape index (κ3) is 2.28.